The van der Waals surface area contributed by atoms with Crippen molar-refractivity contribution < 1.29 is 22.8 Å². The monoisotopic (exact) mass is 429 g/mol. The molecule has 160 valence electrons. The lowest BCUT2D eigenvalue weighted by molar-refractivity contribution is -0.141. The summed E-state index contributed by atoms with van der Waals surface area (Å²) in [5.74, 6) is -0.569. The fourth-order valence-corrected chi connectivity index (χ4v) is 3.39. The van der Waals surface area contributed by atoms with E-state index in [4.69, 9.17) is 0 Å². The molecule has 0 saturated carbocycles. The molecule has 0 aliphatic carbocycles. The van der Waals surface area contributed by atoms with E-state index in [1.54, 1.807) is 47.5 Å². The predicted molar refractivity (Wildman–Crippen MR) is 105 cm³/mol. The Bertz CT molecular complexity index is 1100. The predicted octanol–water partition coefficient (Wildman–Crippen LogP) is 2.93. The molecule has 2 aromatic heterocycles. The second-order valence-corrected chi connectivity index (χ2v) is 7.12. The number of halogens is 3. The number of aromatic nitrogens is 3. The lowest BCUT2D eigenvalue weighted by Gasteiger charge is -2.17. The molecule has 31 heavy (non-hydrogen) atoms. The summed E-state index contributed by atoms with van der Waals surface area (Å²) in [6.07, 6.45) is -1.20. The fraction of sp³-hybridized carbons (Fsp3) is 0.238. The standard InChI is InChI=1S/C21H18F3N5O2/c22-21(23,24)18-8-11-29(27-18)16-5-3-4-14(12-16)19(30)26-15-7-10-28(13-15)20(31)17-6-1-2-9-25-17/h1-6,8-9,11-12,15H,7,10,13H2,(H,26,30)/t15-/m1/s1. The van der Waals surface area contributed by atoms with Gasteiger partial charge in [-0.3, -0.25) is 14.6 Å². The van der Waals surface area contributed by atoms with Crippen LogP contribution in [0.2, 0.25) is 0 Å². The maximum Gasteiger partial charge on any atom is 0.435 e. The van der Waals surface area contributed by atoms with E-state index in [9.17, 15) is 22.8 Å². The second kappa shape index (κ2) is 8.21. The lowest BCUT2D eigenvalue weighted by atomic mass is 10.1. The smallest absolute Gasteiger partial charge is 0.347 e. The Hall–Kier alpha value is -3.69. The number of nitrogens with zero attached hydrogens (tertiary/aromatic N) is 4. The largest absolute Gasteiger partial charge is 0.435 e. The van der Waals surface area contributed by atoms with Crippen molar-refractivity contribution in [1.82, 2.24) is 25.0 Å². The van der Waals surface area contributed by atoms with Gasteiger partial charge in [0.25, 0.3) is 11.8 Å². The average Bonchev–Trinajstić information content (AvgIpc) is 3.44. The van der Waals surface area contributed by atoms with Gasteiger partial charge < -0.3 is 10.2 Å². The number of hydrogen-bond donors (Lipinski definition) is 1. The number of rotatable bonds is 4. The Labute approximate surface area is 175 Å². The van der Waals surface area contributed by atoms with Crippen LogP contribution in [0, 0.1) is 0 Å². The van der Waals surface area contributed by atoms with E-state index in [-0.39, 0.29) is 23.4 Å². The summed E-state index contributed by atoms with van der Waals surface area (Å²) in [7, 11) is 0. The average molecular weight is 429 g/mol. The molecule has 1 aliphatic rings. The third-order valence-electron chi connectivity index (χ3n) is 4.95. The Morgan fingerprint density at radius 2 is 1.94 bits per heavy atom. The third-order valence-corrected chi connectivity index (χ3v) is 4.95. The van der Waals surface area contributed by atoms with Gasteiger partial charge in [-0.05, 0) is 42.8 Å². The zero-order valence-corrected chi connectivity index (χ0v) is 16.2. The quantitative estimate of drug-likeness (QED) is 0.692. The molecule has 1 aromatic carbocycles. The van der Waals surface area contributed by atoms with Gasteiger partial charge in [-0.2, -0.15) is 18.3 Å². The van der Waals surface area contributed by atoms with E-state index in [2.05, 4.69) is 15.4 Å². The van der Waals surface area contributed by atoms with Crippen molar-refractivity contribution in [1.29, 1.82) is 0 Å². The summed E-state index contributed by atoms with van der Waals surface area (Å²) in [5, 5.41) is 6.40. The fourth-order valence-electron chi connectivity index (χ4n) is 3.39. The van der Waals surface area contributed by atoms with Crippen LogP contribution in [0.25, 0.3) is 5.69 Å². The van der Waals surface area contributed by atoms with Crippen molar-refractivity contribution in [2.45, 2.75) is 18.6 Å². The van der Waals surface area contributed by atoms with Crippen LogP contribution in [0.15, 0.2) is 60.9 Å². The Balaban J connectivity index is 1.41. The van der Waals surface area contributed by atoms with Crippen molar-refractivity contribution in [3.8, 4) is 5.69 Å². The highest BCUT2D eigenvalue weighted by molar-refractivity contribution is 5.95. The summed E-state index contributed by atoms with van der Waals surface area (Å²) < 4.78 is 39.4. The molecule has 3 aromatic rings. The van der Waals surface area contributed by atoms with Crippen molar-refractivity contribution in [2.24, 2.45) is 0 Å². The number of carbonyl (C=O) groups is 2. The molecule has 0 radical (unpaired) electrons. The van der Waals surface area contributed by atoms with E-state index in [1.807, 2.05) is 0 Å². The first kappa shape index (κ1) is 20.6. The Kier molecular flexibility index (Phi) is 5.45. The van der Waals surface area contributed by atoms with Gasteiger partial charge >= 0.3 is 6.18 Å². The van der Waals surface area contributed by atoms with Gasteiger partial charge in [0.05, 0.1) is 5.69 Å². The summed E-state index contributed by atoms with van der Waals surface area (Å²) in [6.45, 7) is 0.850. The highest BCUT2D eigenvalue weighted by Crippen LogP contribution is 2.28. The molecule has 1 saturated heterocycles. The normalized spacial score (nSPS) is 16.4. The maximum atomic E-state index is 12.8. The Morgan fingerprint density at radius 1 is 1.10 bits per heavy atom. The molecule has 10 heteroatoms. The van der Waals surface area contributed by atoms with Gasteiger partial charge in [0, 0.05) is 37.1 Å². The number of alkyl halides is 3. The van der Waals surface area contributed by atoms with Gasteiger partial charge in [-0.25, -0.2) is 4.68 Å². The highest BCUT2D eigenvalue weighted by Gasteiger charge is 2.33. The van der Waals surface area contributed by atoms with E-state index in [0.29, 0.717) is 30.9 Å². The first-order valence-electron chi connectivity index (χ1n) is 9.56. The van der Waals surface area contributed by atoms with Crippen LogP contribution in [0.5, 0.6) is 0 Å². The molecule has 1 fully saturated rings. The van der Waals surface area contributed by atoms with E-state index < -0.39 is 11.9 Å². The number of amides is 2. The zero-order valence-electron chi connectivity index (χ0n) is 16.2. The first-order valence-corrected chi connectivity index (χ1v) is 9.56. The van der Waals surface area contributed by atoms with Crippen molar-refractivity contribution in [3.63, 3.8) is 0 Å². The van der Waals surface area contributed by atoms with E-state index >= 15 is 0 Å². The van der Waals surface area contributed by atoms with Crippen LogP contribution >= 0.6 is 0 Å². The van der Waals surface area contributed by atoms with Crippen molar-refractivity contribution in [2.75, 3.05) is 13.1 Å². The van der Waals surface area contributed by atoms with E-state index in [1.165, 1.54) is 12.3 Å². The first-order chi connectivity index (χ1) is 14.8. The second-order valence-electron chi connectivity index (χ2n) is 7.12. The molecule has 0 spiro atoms. The lowest BCUT2D eigenvalue weighted by Crippen LogP contribution is -2.38. The van der Waals surface area contributed by atoms with Crippen LogP contribution in [-0.4, -0.2) is 50.6 Å². The molecule has 1 atom stereocenters. The molecule has 2 amide bonds. The van der Waals surface area contributed by atoms with E-state index in [0.717, 1.165) is 10.7 Å². The van der Waals surface area contributed by atoms with Gasteiger partial charge in [0.2, 0.25) is 0 Å². The topological polar surface area (TPSA) is 80.1 Å². The number of nitrogens with one attached hydrogen (secondary N) is 1. The maximum absolute atomic E-state index is 12.8. The zero-order chi connectivity index (χ0) is 22.0. The minimum Gasteiger partial charge on any atom is -0.347 e. The molecular formula is C21H18F3N5O2. The van der Waals surface area contributed by atoms with Crippen LogP contribution in [0.1, 0.15) is 33.0 Å². The van der Waals surface area contributed by atoms with Crippen molar-refractivity contribution >= 4 is 11.8 Å². The molecule has 1 N–H and O–H groups in total. The molecule has 3 heterocycles. The summed E-state index contributed by atoms with van der Waals surface area (Å²) in [6, 6.07) is 11.9. The minimum atomic E-state index is -4.54. The van der Waals surface area contributed by atoms with Crippen LogP contribution in [-0.2, 0) is 6.18 Å². The molecular weight excluding hydrogens is 411 g/mol. The van der Waals surface area contributed by atoms with Gasteiger partial charge in [0.1, 0.15) is 5.69 Å². The van der Waals surface area contributed by atoms with Gasteiger partial charge in [-0.1, -0.05) is 12.1 Å². The summed E-state index contributed by atoms with van der Waals surface area (Å²) >= 11 is 0. The van der Waals surface area contributed by atoms with Crippen LogP contribution in [0.4, 0.5) is 13.2 Å². The summed E-state index contributed by atoms with van der Waals surface area (Å²) in [5.41, 5.74) is -0.0387. The molecule has 7 nitrogen and oxygen atoms in total. The number of likely N-dealkylation sites (tertiary alicyclic amines) is 1. The Morgan fingerprint density at radius 3 is 2.65 bits per heavy atom. The molecule has 0 unspecified atom stereocenters. The summed E-state index contributed by atoms with van der Waals surface area (Å²) in [4.78, 5) is 30.8. The van der Waals surface area contributed by atoms with Crippen molar-refractivity contribution in [3.05, 3.63) is 77.9 Å². The number of carbonyl (C=O) groups excluding carboxylic acids is 2. The number of hydrogen-bond acceptors (Lipinski definition) is 4. The number of benzene rings is 1. The van der Waals surface area contributed by atoms with Gasteiger partial charge in [-0.15, -0.1) is 0 Å². The molecule has 0 bridgehead atoms. The SMILES string of the molecule is O=C(N[C@@H]1CCN(C(=O)c2ccccn2)C1)c1cccc(-n2ccc(C(F)(F)F)n2)c1. The van der Waals surface area contributed by atoms with Crippen LogP contribution < -0.4 is 5.32 Å². The molecule has 4 rings (SSSR count). The number of pyridine rings is 1. The highest BCUT2D eigenvalue weighted by atomic mass is 19.4. The molecule has 1 aliphatic heterocycles. The third kappa shape index (κ3) is 4.57. The minimum absolute atomic E-state index is 0.196. The van der Waals surface area contributed by atoms with Gasteiger partial charge in [0.15, 0.2) is 5.69 Å². The van der Waals surface area contributed by atoms with Crippen LogP contribution in [0.3, 0.4) is 0 Å².